The van der Waals surface area contributed by atoms with E-state index in [9.17, 15) is 9.59 Å². The van der Waals surface area contributed by atoms with Crippen LogP contribution in [0.2, 0.25) is 0 Å². The number of amides is 1. The lowest BCUT2D eigenvalue weighted by molar-refractivity contribution is -0.105. The Balaban J connectivity index is 1.40. The Labute approximate surface area is 167 Å². The van der Waals surface area contributed by atoms with Crippen molar-refractivity contribution >= 4 is 17.2 Å². The molecular weight excluding hydrogens is 370 g/mol. The first-order valence-electron chi connectivity index (χ1n) is 9.85. The normalized spacial score (nSPS) is 16.9. The SMILES string of the molecule is Cc1ccc2ncc(C(=O)Nc3ccc4c(c3)OC3(CCCCC3)O4)c(=O)n2c1. The second-order valence-electron chi connectivity index (χ2n) is 7.70. The van der Waals surface area contributed by atoms with Crippen LogP contribution in [0.5, 0.6) is 11.5 Å². The van der Waals surface area contributed by atoms with Gasteiger partial charge in [-0.2, -0.15) is 0 Å². The van der Waals surface area contributed by atoms with Gasteiger partial charge in [0.2, 0.25) is 0 Å². The van der Waals surface area contributed by atoms with E-state index < -0.39 is 17.3 Å². The lowest BCUT2D eigenvalue weighted by Crippen LogP contribution is -2.40. The van der Waals surface area contributed by atoms with Gasteiger partial charge in [0.1, 0.15) is 11.2 Å². The van der Waals surface area contributed by atoms with Crippen LogP contribution in [0.4, 0.5) is 5.69 Å². The summed E-state index contributed by atoms with van der Waals surface area (Å²) in [5, 5.41) is 2.77. The van der Waals surface area contributed by atoms with E-state index in [0.29, 0.717) is 22.8 Å². The first-order valence-corrected chi connectivity index (χ1v) is 9.85. The first kappa shape index (κ1) is 17.7. The van der Waals surface area contributed by atoms with Crippen LogP contribution in [-0.2, 0) is 0 Å². The van der Waals surface area contributed by atoms with Crippen LogP contribution >= 0.6 is 0 Å². The Morgan fingerprint density at radius 2 is 1.90 bits per heavy atom. The number of nitrogens with one attached hydrogen (secondary N) is 1. The molecule has 148 valence electrons. The van der Waals surface area contributed by atoms with Crippen LogP contribution in [0, 0.1) is 6.92 Å². The third kappa shape index (κ3) is 3.12. The lowest BCUT2D eigenvalue weighted by atomic mass is 9.94. The summed E-state index contributed by atoms with van der Waals surface area (Å²) in [5.74, 6) is 0.230. The number of anilines is 1. The number of aryl methyl sites for hydroxylation is 1. The van der Waals surface area contributed by atoms with Crippen LogP contribution in [0.1, 0.15) is 48.0 Å². The lowest BCUT2D eigenvalue weighted by Gasteiger charge is -2.31. The highest BCUT2D eigenvalue weighted by molar-refractivity contribution is 6.04. The van der Waals surface area contributed by atoms with Gasteiger partial charge in [-0.1, -0.05) is 12.5 Å². The van der Waals surface area contributed by atoms with E-state index in [1.165, 1.54) is 17.0 Å². The minimum absolute atomic E-state index is 0.0190. The van der Waals surface area contributed by atoms with Crippen molar-refractivity contribution in [3.63, 3.8) is 0 Å². The number of ether oxygens (including phenoxy) is 2. The topological polar surface area (TPSA) is 81.9 Å². The largest absolute Gasteiger partial charge is 0.448 e. The molecule has 0 atom stereocenters. The van der Waals surface area contributed by atoms with Crippen molar-refractivity contribution in [1.82, 2.24) is 9.38 Å². The number of carbonyl (C=O) groups is 1. The summed E-state index contributed by atoms with van der Waals surface area (Å²) in [5.41, 5.74) is 1.52. The minimum atomic E-state index is -0.567. The Hall–Kier alpha value is -3.35. The van der Waals surface area contributed by atoms with E-state index in [1.54, 1.807) is 30.5 Å². The Kier molecular flexibility index (Phi) is 4.04. The molecule has 3 heterocycles. The fourth-order valence-corrected chi connectivity index (χ4v) is 4.00. The number of pyridine rings is 1. The van der Waals surface area contributed by atoms with Gasteiger partial charge in [-0.3, -0.25) is 14.0 Å². The zero-order valence-electron chi connectivity index (χ0n) is 16.1. The van der Waals surface area contributed by atoms with E-state index in [2.05, 4.69) is 10.3 Å². The molecule has 0 unspecified atom stereocenters. The smallest absolute Gasteiger partial charge is 0.270 e. The summed E-state index contributed by atoms with van der Waals surface area (Å²) in [6.07, 6.45) is 8.06. The molecule has 1 fully saturated rings. The number of aromatic nitrogens is 2. The molecule has 1 N–H and O–H groups in total. The third-order valence-corrected chi connectivity index (χ3v) is 5.50. The number of fused-ring (bicyclic) bond motifs is 2. The highest BCUT2D eigenvalue weighted by Gasteiger charge is 2.42. The van der Waals surface area contributed by atoms with E-state index in [4.69, 9.17) is 9.47 Å². The van der Waals surface area contributed by atoms with Gasteiger partial charge in [0.15, 0.2) is 11.5 Å². The average molecular weight is 391 g/mol. The predicted molar refractivity (Wildman–Crippen MR) is 108 cm³/mol. The molecule has 0 bridgehead atoms. The monoisotopic (exact) mass is 391 g/mol. The van der Waals surface area contributed by atoms with Crippen molar-refractivity contribution in [3.05, 3.63) is 64.2 Å². The average Bonchev–Trinajstić information content (AvgIpc) is 3.05. The van der Waals surface area contributed by atoms with Crippen molar-refractivity contribution in [2.45, 2.75) is 44.8 Å². The van der Waals surface area contributed by atoms with Crippen molar-refractivity contribution in [1.29, 1.82) is 0 Å². The fourth-order valence-electron chi connectivity index (χ4n) is 4.00. The number of rotatable bonds is 2. The van der Waals surface area contributed by atoms with Crippen LogP contribution in [0.3, 0.4) is 0 Å². The Morgan fingerprint density at radius 3 is 2.72 bits per heavy atom. The van der Waals surface area contributed by atoms with Crippen LogP contribution in [0.15, 0.2) is 47.5 Å². The molecule has 0 saturated heterocycles. The summed E-state index contributed by atoms with van der Waals surface area (Å²) >= 11 is 0. The van der Waals surface area contributed by atoms with Gasteiger partial charge in [-0.15, -0.1) is 0 Å². The van der Waals surface area contributed by atoms with Gasteiger partial charge in [0, 0.05) is 37.0 Å². The molecule has 7 nitrogen and oxygen atoms in total. The van der Waals surface area contributed by atoms with Gasteiger partial charge in [-0.05, 0) is 43.5 Å². The quantitative estimate of drug-likeness (QED) is 0.721. The van der Waals surface area contributed by atoms with Crippen molar-refractivity contribution in [3.8, 4) is 11.5 Å². The van der Waals surface area contributed by atoms with E-state index >= 15 is 0 Å². The van der Waals surface area contributed by atoms with Crippen LogP contribution in [-0.4, -0.2) is 21.1 Å². The summed E-state index contributed by atoms with van der Waals surface area (Å²) in [6.45, 7) is 1.88. The van der Waals surface area contributed by atoms with Gasteiger partial charge < -0.3 is 14.8 Å². The number of nitrogens with zero attached hydrogens (tertiary/aromatic N) is 2. The highest BCUT2D eigenvalue weighted by Crippen LogP contribution is 2.46. The molecule has 1 spiro atoms. The molecule has 1 amide bonds. The van der Waals surface area contributed by atoms with Crippen molar-refractivity contribution in [2.24, 2.45) is 0 Å². The molecule has 2 aliphatic rings. The van der Waals surface area contributed by atoms with Gasteiger partial charge >= 0.3 is 0 Å². The van der Waals surface area contributed by atoms with Gasteiger partial charge in [0.25, 0.3) is 17.3 Å². The molecule has 1 saturated carbocycles. The predicted octanol–water partition coefficient (Wildman–Crippen LogP) is 3.69. The van der Waals surface area contributed by atoms with Crippen LogP contribution in [0.25, 0.3) is 5.65 Å². The summed E-state index contributed by atoms with van der Waals surface area (Å²) < 4.78 is 13.6. The minimum Gasteiger partial charge on any atom is -0.448 e. The van der Waals surface area contributed by atoms with Gasteiger partial charge in [-0.25, -0.2) is 4.98 Å². The molecule has 2 aromatic heterocycles. The second-order valence-corrected chi connectivity index (χ2v) is 7.70. The number of carbonyl (C=O) groups excluding carboxylic acids is 1. The maximum Gasteiger partial charge on any atom is 0.270 e. The van der Waals surface area contributed by atoms with E-state index in [-0.39, 0.29) is 5.56 Å². The second kappa shape index (κ2) is 6.62. The molecule has 1 aromatic carbocycles. The standard InChI is InChI=1S/C22H21N3O4/c1-14-5-8-19-23-12-16(21(27)25(19)13-14)20(26)24-15-6-7-17-18(11-15)29-22(28-17)9-3-2-4-10-22/h5-8,11-13H,2-4,9-10H2,1H3,(H,24,26). The highest BCUT2D eigenvalue weighted by atomic mass is 16.7. The number of benzene rings is 1. The van der Waals surface area contributed by atoms with E-state index in [1.807, 2.05) is 13.0 Å². The molecular formula is C22H21N3O4. The molecule has 1 aliphatic carbocycles. The molecule has 5 rings (SSSR count). The van der Waals surface area contributed by atoms with Crippen LogP contribution < -0.4 is 20.3 Å². The molecule has 3 aromatic rings. The summed E-state index contributed by atoms with van der Waals surface area (Å²) in [6, 6.07) is 8.90. The molecule has 29 heavy (non-hydrogen) atoms. The van der Waals surface area contributed by atoms with Crippen molar-refractivity contribution in [2.75, 3.05) is 5.32 Å². The third-order valence-electron chi connectivity index (χ3n) is 5.50. The zero-order valence-corrected chi connectivity index (χ0v) is 16.1. The maximum atomic E-state index is 12.7. The van der Waals surface area contributed by atoms with Gasteiger partial charge in [0.05, 0.1) is 0 Å². The van der Waals surface area contributed by atoms with E-state index in [0.717, 1.165) is 31.2 Å². The number of hydrogen-bond acceptors (Lipinski definition) is 5. The summed E-state index contributed by atoms with van der Waals surface area (Å²) in [7, 11) is 0. The summed E-state index contributed by atoms with van der Waals surface area (Å²) in [4.78, 5) is 29.7. The maximum absolute atomic E-state index is 12.7. The molecule has 1 aliphatic heterocycles. The molecule has 7 heteroatoms. The zero-order chi connectivity index (χ0) is 20.0. The number of hydrogen-bond donors (Lipinski definition) is 1. The Bertz CT molecular complexity index is 1180. The Morgan fingerprint density at radius 1 is 1.10 bits per heavy atom. The fraction of sp³-hybridized carbons (Fsp3) is 0.318. The van der Waals surface area contributed by atoms with Crippen molar-refractivity contribution < 1.29 is 14.3 Å². The first-order chi connectivity index (χ1) is 14.0. The molecule has 0 radical (unpaired) electrons.